The van der Waals surface area contributed by atoms with Gasteiger partial charge in [-0.05, 0) is 31.2 Å². The molecule has 0 heterocycles. The Kier molecular flexibility index (Phi) is 8.99. The van der Waals surface area contributed by atoms with Crippen LogP contribution in [0, 0.1) is 0 Å². The van der Waals surface area contributed by atoms with E-state index in [1.165, 1.54) is 0 Å². The minimum absolute atomic E-state index is 0.0196. The van der Waals surface area contributed by atoms with Gasteiger partial charge in [-0.1, -0.05) is 0 Å². The lowest BCUT2D eigenvalue weighted by Gasteiger charge is -2.09. The van der Waals surface area contributed by atoms with Crippen LogP contribution < -0.4 is 14.8 Å². The van der Waals surface area contributed by atoms with Crippen molar-refractivity contribution in [1.82, 2.24) is 5.32 Å². The smallest absolute Gasteiger partial charge is 0.258 e. The van der Waals surface area contributed by atoms with E-state index < -0.39 is 0 Å². The molecule has 0 radical (unpaired) electrons. The molecule has 6 heteroatoms. The van der Waals surface area contributed by atoms with Crippen LogP contribution in [0.3, 0.4) is 0 Å². The van der Waals surface area contributed by atoms with Crippen LogP contribution >= 0.6 is 0 Å². The van der Waals surface area contributed by atoms with Gasteiger partial charge >= 0.3 is 0 Å². The lowest BCUT2D eigenvalue weighted by atomic mass is 10.3. The third kappa shape index (κ3) is 8.16. The molecule has 1 aromatic carbocycles. The topological polar surface area (TPSA) is 66.0 Å². The molecular weight excluding hydrogens is 274 g/mol. The molecule has 0 spiro atoms. The number of ether oxygens (including phenoxy) is 4. The number of benzene rings is 1. The molecule has 118 valence electrons. The summed E-state index contributed by atoms with van der Waals surface area (Å²) in [6.45, 7) is 4.64. The molecule has 0 saturated carbocycles. The molecule has 0 unspecified atom stereocenters. The summed E-state index contributed by atoms with van der Waals surface area (Å²) in [5, 5.41) is 2.68. The van der Waals surface area contributed by atoms with E-state index in [0.717, 1.165) is 5.75 Å². The Morgan fingerprint density at radius 2 is 1.71 bits per heavy atom. The normalized spacial score (nSPS) is 10.2. The number of carbonyl (C=O) groups excluding carboxylic acids is 1. The van der Waals surface area contributed by atoms with E-state index in [0.29, 0.717) is 38.7 Å². The van der Waals surface area contributed by atoms with Crippen LogP contribution in [0.1, 0.15) is 6.92 Å². The Bertz CT molecular complexity index is 394. The fraction of sp³-hybridized carbons (Fsp3) is 0.533. The molecule has 0 saturated heterocycles. The Morgan fingerprint density at radius 3 is 2.33 bits per heavy atom. The second-order valence-electron chi connectivity index (χ2n) is 4.15. The van der Waals surface area contributed by atoms with Crippen molar-refractivity contribution >= 4 is 5.91 Å². The zero-order chi connectivity index (χ0) is 15.3. The standard InChI is InChI=1S/C15H23NO5/c1-3-19-10-11-20-13-4-6-14(7-5-13)21-12-15(17)16-8-9-18-2/h4-7H,3,8-12H2,1-2H3,(H,16,17). The minimum atomic E-state index is -0.177. The second kappa shape index (κ2) is 10.9. The highest BCUT2D eigenvalue weighted by Crippen LogP contribution is 2.17. The van der Waals surface area contributed by atoms with Gasteiger partial charge in [0, 0.05) is 20.3 Å². The van der Waals surface area contributed by atoms with Crippen LogP contribution in [0.15, 0.2) is 24.3 Å². The van der Waals surface area contributed by atoms with Gasteiger partial charge in [0.05, 0.1) is 13.2 Å². The van der Waals surface area contributed by atoms with Gasteiger partial charge in [0.2, 0.25) is 0 Å². The first-order valence-corrected chi connectivity index (χ1v) is 6.95. The number of carbonyl (C=O) groups is 1. The van der Waals surface area contributed by atoms with Gasteiger partial charge in [0.25, 0.3) is 5.91 Å². The van der Waals surface area contributed by atoms with E-state index in [4.69, 9.17) is 18.9 Å². The maximum Gasteiger partial charge on any atom is 0.258 e. The predicted molar refractivity (Wildman–Crippen MR) is 78.8 cm³/mol. The predicted octanol–water partition coefficient (Wildman–Crippen LogP) is 1.24. The van der Waals surface area contributed by atoms with Crippen molar-refractivity contribution in [2.75, 3.05) is 46.7 Å². The summed E-state index contributed by atoms with van der Waals surface area (Å²) in [6.07, 6.45) is 0. The van der Waals surface area contributed by atoms with Crippen molar-refractivity contribution in [3.05, 3.63) is 24.3 Å². The van der Waals surface area contributed by atoms with Crippen molar-refractivity contribution in [2.24, 2.45) is 0 Å². The maximum atomic E-state index is 11.4. The number of hydrogen-bond acceptors (Lipinski definition) is 5. The number of methoxy groups -OCH3 is 1. The summed E-state index contributed by atoms with van der Waals surface area (Å²) in [7, 11) is 1.58. The van der Waals surface area contributed by atoms with Crippen LogP contribution in [-0.2, 0) is 14.3 Å². The highest BCUT2D eigenvalue weighted by Gasteiger charge is 2.02. The molecule has 0 aliphatic rings. The van der Waals surface area contributed by atoms with Crippen LogP contribution in [-0.4, -0.2) is 52.6 Å². The average molecular weight is 297 g/mol. The van der Waals surface area contributed by atoms with Crippen molar-refractivity contribution in [1.29, 1.82) is 0 Å². The fourth-order valence-corrected chi connectivity index (χ4v) is 1.49. The summed E-state index contributed by atoms with van der Waals surface area (Å²) >= 11 is 0. The van der Waals surface area contributed by atoms with Gasteiger partial charge in [0.15, 0.2) is 6.61 Å². The van der Waals surface area contributed by atoms with Gasteiger partial charge in [-0.3, -0.25) is 4.79 Å². The highest BCUT2D eigenvalue weighted by molar-refractivity contribution is 5.77. The molecule has 1 rings (SSSR count). The Morgan fingerprint density at radius 1 is 1.05 bits per heavy atom. The molecule has 0 aliphatic heterocycles. The van der Waals surface area contributed by atoms with Gasteiger partial charge < -0.3 is 24.3 Å². The fourth-order valence-electron chi connectivity index (χ4n) is 1.49. The molecule has 1 N–H and O–H groups in total. The molecule has 6 nitrogen and oxygen atoms in total. The summed E-state index contributed by atoms with van der Waals surface area (Å²) < 4.78 is 20.9. The molecule has 1 amide bonds. The third-order valence-electron chi connectivity index (χ3n) is 2.52. The zero-order valence-electron chi connectivity index (χ0n) is 12.6. The first-order valence-electron chi connectivity index (χ1n) is 6.95. The molecule has 0 aromatic heterocycles. The highest BCUT2D eigenvalue weighted by atomic mass is 16.5. The van der Waals surface area contributed by atoms with Gasteiger partial charge in [-0.15, -0.1) is 0 Å². The first kappa shape index (κ1) is 17.3. The summed E-state index contributed by atoms with van der Waals surface area (Å²) in [5.74, 6) is 1.18. The molecule has 1 aromatic rings. The molecule has 0 fully saturated rings. The number of hydrogen-bond donors (Lipinski definition) is 1. The Balaban J connectivity index is 2.22. The lowest BCUT2D eigenvalue weighted by Crippen LogP contribution is -2.31. The minimum Gasteiger partial charge on any atom is -0.491 e. The lowest BCUT2D eigenvalue weighted by molar-refractivity contribution is -0.123. The van der Waals surface area contributed by atoms with Crippen LogP contribution in [0.25, 0.3) is 0 Å². The SMILES string of the molecule is CCOCCOc1ccc(OCC(=O)NCCOC)cc1. The monoisotopic (exact) mass is 297 g/mol. The largest absolute Gasteiger partial charge is 0.491 e. The maximum absolute atomic E-state index is 11.4. The average Bonchev–Trinajstić information content (AvgIpc) is 2.51. The number of nitrogens with one attached hydrogen (secondary N) is 1. The van der Waals surface area contributed by atoms with Crippen LogP contribution in [0.4, 0.5) is 0 Å². The Hall–Kier alpha value is -1.79. The van der Waals surface area contributed by atoms with E-state index in [-0.39, 0.29) is 12.5 Å². The molecular formula is C15H23NO5. The first-order chi connectivity index (χ1) is 10.3. The van der Waals surface area contributed by atoms with Crippen molar-refractivity contribution in [2.45, 2.75) is 6.92 Å². The Labute approximate surface area is 125 Å². The molecule has 21 heavy (non-hydrogen) atoms. The van der Waals surface area contributed by atoms with Crippen molar-refractivity contribution in [3.63, 3.8) is 0 Å². The van der Waals surface area contributed by atoms with Crippen molar-refractivity contribution < 1.29 is 23.7 Å². The van der Waals surface area contributed by atoms with E-state index in [1.54, 1.807) is 31.4 Å². The van der Waals surface area contributed by atoms with Gasteiger partial charge in [0.1, 0.15) is 18.1 Å². The van der Waals surface area contributed by atoms with E-state index in [1.807, 2.05) is 6.92 Å². The second-order valence-corrected chi connectivity index (χ2v) is 4.15. The van der Waals surface area contributed by atoms with E-state index in [9.17, 15) is 4.79 Å². The third-order valence-corrected chi connectivity index (χ3v) is 2.52. The molecule has 0 atom stereocenters. The summed E-state index contributed by atoms with van der Waals surface area (Å²) in [5.41, 5.74) is 0. The summed E-state index contributed by atoms with van der Waals surface area (Å²) in [4.78, 5) is 11.4. The van der Waals surface area contributed by atoms with Crippen molar-refractivity contribution in [3.8, 4) is 11.5 Å². The summed E-state index contributed by atoms with van der Waals surface area (Å²) in [6, 6.07) is 7.12. The zero-order valence-corrected chi connectivity index (χ0v) is 12.6. The van der Waals surface area contributed by atoms with Gasteiger partial charge in [-0.25, -0.2) is 0 Å². The number of amides is 1. The van der Waals surface area contributed by atoms with E-state index in [2.05, 4.69) is 5.32 Å². The van der Waals surface area contributed by atoms with Gasteiger partial charge in [-0.2, -0.15) is 0 Å². The van der Waals surface area contributed by atoms with Crippen LogP contribution in [0.2, 0.25) is 0 Å². The quantitative estimate of drug-likeness (QED) is 0.623. The van der Waals surface area contributed by atoms with E-state index >= 15 is 0 Å². The molecule has 0 bridgehead atoms. The number of rotatable bonds is 11. The van der Waals surface area contributed by atoms with Crippen LogP contribution in [0.5, 0.6) is 11.5 Å². The molecule has 0 aliphatic carbocycles.